The van der Waals surface area contributed by atoms with Crippen molar-refractivity contribution in [1.29, 1.82) is 5.26 Å². The summed E-state index contributed by atoms with van der Waals surface area (Å²) in [7, 11) is 0. The molecule has 0 aliphatic rings. The maximum absolute atomic E-state index is 13.8. The van der Waals surface area contributed by atoms with Gasteiger partial charge in [0.1, 0.15) is 5.82 Å². The second-order valence-electron chi connectivity index (χ2n) is 4.45. The Kier molecular flexibility index (Phi) is 4.16. The molecule has 0 atom stereocenters. The molecule has 0 fully saturated rings. The predicted octanol–water partition coefficient (Wildman–Crippen LogP) is 2.54. The number of nitrogens with one attached hydrogen (secondary N) is 2. The van der Waals surface area contributed by atoms with Crippen molar-refractivity contribution in [2.24, 2.45) is 5.84 Å². The molecule has 0 saturated heterocycles. The molecule has 5 nitrogen and oxygen atoms in total. The third-order valence-electron chi connectivity index (χ3n) is 2.92. The first-order valence-electron chi connectivity index (χ1n) is 6.13. The van der Waals surface area contributed by atoms with Crippen molar-refractivity contribution in [3.05, 3.63) is 58.9 Å². The summed E-state index contributed by atoms with van der Waals surface area (Å²) in [6.07, 6.45) is 0. The molecule has 0 spiro atoms. The topological polar surface area (TPSA) is 90.9 Å². The van der Waals surface area contributed by atoms with Crippen LogP contribution in [0.25, 0.3) is 0 Å². The molecular weight excluding hydrogens is 271 g/mol. The number of anilines is 2. The van der Waals surface area contributed by atoms with E-state index in [0.29, 0.717) is 11.3 Å². The summed E-state index contributed by atoms with van der Waals surface area (Å²) < 4.78 is 13.8. The average molecular weight is 284 g/mol. The maximum atomic E-state index is 13.8. The van der Waals surface area contributed by atoms with Crippen molar-refractivity contribution in [2.75, 3.05) is 10.7 Å². The van der Waals surface area contributed by atoms with Crippen LogP contribution in [0.3, 0.4) is 0 Å². The molecule has 4 N–H and O–H groups in total. The van der Waals surface area contributed by atoms with E-state index in [1.807, 2.05) is 13.0 Å². The van der Waals surface area contributed by atoms with E-state index in [4.69, 9.17) is 11.1 Å². The van der Waals surface area contributed by atoms with Gasteiger partial charge in [-0.1, -0.05) is 6.07 Å². The van der Waals surface area contributed by atoms with Crippen molar-refractivity contribution >= 4 is 17.3 Å². The summed E-state index contributed by atoms with van der Waals surface area (Å²) in [4.78, 5) is 12.2. The maximum Gasteiger partial charge on any atom is 0.257 e. The Hall–Kier alpha value is -2.91. The van der Waals surface area contributed by atoms with E-state index in [1.165, 1.54) is 12.1 Å². The second kappa shape index (κ2) is 6.03. The molecule has 0 heterocycles. The lowest BCUT2D eigenvalue weighted by Crippen LogP contribution is -2.18. The number of hydrazine groups is 1. The second-order valence-corrected chi connectivity index (χ2v) is 4.45. The number of hydrogen-bond acceptors (Lipinski definition) is 4. The molecule has 0 radical (unpaired) electrons. The molecule has 1 amide bonds. The Bertz CT molecular complexity index is 737. The van der Waals surface area contributed by atoms with Crippen molar-refractivity contribution in [2.45, 2.75) is 6.92 Å². The number of carbonyl (C=O) groups is 1. The largest absolute Gasteiger partial charge is 0.323 e. The van der Waals surface area contributed by atoms with Gasteiger partial charge >= 0.3 is 0 Å². The number of aryl methyl sites for hydroxylation is 1. The van der Waals surface area contributed by atoms with Gasteiger partial charge in [0.2, 0.25) is 0 Å². The number of benzene rings is 2. The quantitative estimate of drug-likeness (QED) is 0.596. The molecule has 106 valence electrons. The Balaban J connectivity index is 2.28. The average Bonchev–Trinajstić information content (AvgIpc) is 2.48. The van der Waals surface area contributed by atoms with E-state index in [0.717, 1.165) is 11.6 Å². The summed E-state index contributed by atoms with van der Waals surface area (Å²) in [5.41, 5.74) is 4.30. The molecular formula is C15H13FN4O. The van der Waals surface area contributed by atoms with E-state index in [2.05, 4.69) is 10.7 Å². The lowest BCUT2D eigenvalue weighted by molar-refractivity contribution is 0.102. The summed E-state index contributed by atoms with van der Waals surface area (Å²) in [6.45, 7) is 1.86. The van der Waals surface area contributed by atoms with Crippen molar-refractivity contribution in [1.82, 2.24) is 0 Å². The van der Waals surface area contributed by atoms with Crippen molar-refractivity contribution in [3.63, 3.8) is 0 Å². The van der Waals surface area contributed by atoms with Gasteiger partial charge in [-0.3, -0.25) is 10.6 Å². The lowest BCUT2D eigenvalue weighted by Gasteiger charge is -2.11. The lowest BCUT2D eigenvalue weighted by atomic mass is 10.1. The highest BCUT2D eigenvalue weighted by atomic mass is 19.1. The molecule has 0 aliphatic heterocycles. The van der Waals surface area contributed by atoms with E-state index in [9.17, 15) is 9.18 Å². The monoisotopic (exact) mass is 284 g/mol. The molecule has 0 saturated carbocycles. The SMILES string of the molecule is Cc1ccc(C(=O)Nc2ccc(C#N)cc2F)c(NN)c1. The number of rotatable bonds is 3. The fraction of sp³-hybridized carbons (Fsp3) is 0.0667. The molecule has 0 unspecified atom stereocenters. The van der Waals surface area contributed by atoms with Crippen molar-refractivity contribution in [3.8, 4) is 6.07 Å². The Morgan fingerprint density at radius 3 is 2.62 bits per heavy atom. The summed E-state index contributed by atoms with van der Waals surface area (Å²) in [5.74, 6) is 4.21. The third kappa shape index (κ3) is 3.16. The van der Waals surface area contributed by atoms with Gasteiger partial charge < -0.3 is 10.7 Å². The molecule has 2 aromatic rings. The van der Waals surface area contributed by atoms with Gasteiger partial charge in [0.25, 0.3) is 5.91 Å². The molecule has 21 heavy (non-hydrogen) atoms. The van der Waals surface area contributed by atoms with Gasteiger partial charge in [-0.2, -0.15) is 5.26 Å². The first-order valence-corrected chi connectivity index (χ1v) is 6.13. The van der Waals surface area contributed by atoms with Crippen LogP contribution in [0.5, 0.6) is 0 Å². The van der Waals surface area contributed by atoms with Crippen LogP contribution >= 0.6 is 0 Å². The highest BCUT2D eigenvalue weighted by molar-refractivity contribution is 6.08. The molecule has 0 bridgehead atoms. The smallest absolute Gasteiger partial charge is 0.257 e. The number of nitriles is 1. The predicted molar refractivity (Wildman–Crippen MR) is 78.1 cm³/mol. The first-order chi connectivity index (χ1) is 10.0. The Morgan fingerprint density at radius 2 is 2.00 bits per heavy atom. The Labute approximate surface area is 121 Å². The number of nitrogens with two attached hydrogens (primary N) is 1. The number of amides is 1. The molecule has 0 aliphatic carbocycles. The standard InChI is InChI=1S/C15H13FN4O/c1-9-2-4-11(14(6-9)20-18)15(21)19-13-5-3-10(8-17)7-12(13)16/h2-7,20H,18H2,1H3,(H,19,21). The van der Waals surface area contributed by atoms with Crippen LogP contribution < -0.4 is 16.6 Å². The number of carbonyl (C=O) groups excluding carboxylic acids is 1. The zero-order chi connectivity index (χ0) is 15.4. The zero-order valence-electron chi connectivity index (χ0n) is 11.3. The summed E-state index contributed by atoms with van der Waals surface area (Å²) in [5, 5.41) is 11.1. The van der Waals surface area contributed by atoms with Gasteiger partial charge in [0.15, 0.2) is 0 Å². The number of halogens is 1. The van der Waals surface area contributed by atoms with E-state index >= 15 is 0 Å². The number of nitrogen functional groups attached to an aromatic ring is 1. The summed E-state index contributed by atoms with van der Waals surface area (Å²) >= 11 is 0. The van der Waals surface area contributed by atoms with Crippen LogP contribution in [0.15, 0.2) is 36.4 Å². The van der Waals surface area contributed by atoms with Crippen LogP contribution in [-0.2, 0) is 0 Å². The minimum absolute atomic E-state index is 0.00236. The Morgan fingerprint density at radius 1 is 1.24 bits per heavy atom. The number of nitrogens with zero attached hydrogens (tertiary/aromatic N) is 1. The summed E-state index contributed by atoms with van der Waals surface area (Å²) in [6, 6.07) is 10.7. The number of hydrogen-bond donors (Lipinski definition) is 3. The first kappa shape index (κ1) is 14.5. The molecule has 6 heteroatoms. The van der Waals surface area contributed by atoms with Crippen LogP contribution in [0, 0.1) is 24.1 Å². The van der Waals surface area contributed by atoms with Crippen LogP contribution in [0.1, 0.15) is 21.5 Å². The fourth-order valence-electron chi connectivity index (χ4n) is 1.85. The molecule has 2 aromatic carbocycles. The van der Waals surface area contributed by atoms with Gasteiger partial charge in [-0.15, -0.1) is 0 Å². The van der Waals surface area contributed by atoms with Gasteiger partial charge in [-0.25, -0.2) is 4.39 Å². The highest BCUT2D eigenvalue weighted by Gasteiger charge is 2.13. The van der Waals surface area contributed by atoms with E-state index < -0.39 is 11.7 Å². The van der Waals surface area contributed by atoms with E-state index in [-0.39, 0.29) is 11.3 Å². The van der Waals surface area contributed by atoms with Crippen LogP contribution in [0.2, 0.25) is 0 Å². The normalized spacial score (nSPS) is 9.81. The third-order valence-corrected chi connectivity index (χ3v) is 2.92. The van der Waals surface area contributed by atoms with Crippen LogP contribution in [0.4, 0.5) is 15.8 Å². The van der Waals surface area contributed by atoms with Gasteiger partial charge in [0.05, 0.1) is 28.6 Å². The fourth-order valence-corrected chi connectivity index (χ4v) is 1.85. The van der Waals surface area contributed by atoms with Gasteiger partial charge in [0, 0.05) is 0 Å². The molecule has 0 aromatic heterocycles. The minimum Gasteiger partial charge on any atom is -0.323 e. The highest BCUT2D eigenvalue weighted by Crippen LogP contribution is 2.20. The molecule has 2 rings (SSSR count). The van der Waals surface area contributed by atoms with Crippen LogP contribution in [-0.4, -0.2) is 5.91 Å². The zero-order valence-corrected chi connectivity index (χ0v) is 11.3. The van der Waals surface area contributed by atoms with Crippen molar-refractivity contribution < 1.29 is 9.18 Å². The minimum atomic E-state index is -0.670. The van der Waals surface area contributed by atoms with E-state index in [1.54, 1.807) is 18.2 Å². The van der Waals surface area contributed by atoms with Gasteiger partial charge in [-0.05, 0) is 42.8 Å².